The van der Waals surface area contributed by atoms with Gasteiger partial charge in [-0.25, -0.2) is 0 Å². The molecule has 0 saturated heterocycles. The summed E-state index contributed by atoms with van der Waals surface area (Å²) in [6.07, 6.45) is -0.0238. The molecule has 0 aliphatic carbocycles. The predicted molar refractivity (Wildman–Crippen MR) is 96.4 cm³/mol. The molecule has 0 unspecified atom stereocenters. The van der Waals surface area contributed by atoms with Crippen molar-refractivity contribution < 1.29 is 19.4 Å². The van der Waals surface area contributed by atoms with Gasteiger partial charge < -0.3 is 19.9 Å². The number of nitrogens with one attached hydrogen (secondary N) is 1. The first-order valence-electron chi connectivity index (χ1n) is 7.57. The van der Waals surface area contributed by atoms with Gasteiger partial charge in [-0.3, -0.25) is 4.79 Å². The Morgan fingerprint density at radius 1 is 1.25 bits per heavy atom. The summed E-state index contributed by atoms with van der Waals surface area (Å²) in [6, 6.07) is 12.5. The second-order valence-electron chi connectivity index (χ2n) is 5.41. The lowest BCUT2D eigenvalue weighted by Crippen LogP contribution is -2.20. The molecule has 0 spiro atoms. The molecule has 128 valence electrons. The Balaban J connectivity index is 1.98. The highest BCUT2D eigenvalue weighted by Crippen LogP contribution is 2.26. The van der Waals surface area contributed by atoms with Gasteiger partial charge in [0.25, 0.3) is 5.91 Å². The summed E-state index contributed by atoms with van der Waals surface area (Å²) in [5, 5.41) is 12.1. The minimum absolute atomic E-state index is 0.0238. The molecule has 0 aliphatic heterocycles. The molecule has 0 bridgehead atoms. The van der Waals surface area contributed by atoms with E-state index in [4.69, 9.17) is 9.47 Å². The minimum atomic E-state index is -0.264. The van der Waals surface area contributed by atoms with Crippen molar-refractivity contribution in [2.24, 2.45) is 0 Å². The Kier molecular flexibility index (Phi) is 6.63. The summed E-state index contributed by atoms with van der Waals surface area (Å²) in [4.78, 5) is 12.0. The van der Waals surface area contributed by atoms with Crippen LogP contribution in [0.3, 0.4) is 0 Å². The number of aliphatic hydroxyl groups excluding tert-OH is 1. The molecule has 0 aromatic heterocycles. The van der Waals surface area contributed by atoms with Gasteiger partial charge in [-0.2, -0.15) is 0 Å². The molecule has 0 saturated carbocycles. The number of anilines is 1. The molecule has 0 fully saturated rings. The second kappa shape index (κ2) is 8.70. The van der Waals surface area contributed by atoms with Crippen molar-refractivity contribution in [2.45, 2.75) is 26.6 Å². The van der Waals surface area contributed by atoms with Gasteiger partial charge in [0.15, 0.2) is 6.61 Å². The van der Waals surface area contributed by atoms with Crippen molar-refractivity contribution in [2.75, 3.05) is 11.9 Å². The summed E-state index contributed by atoms with van der Waals surface area (Å²) < 4.78 is 12.0. The number of halogens is 1. The SMILES string of the molecule is CC(C)Oc1cc(OCC(=O)Nc2ccccc2Br)ccc1CO. The summed E-state index contributed by atoms with van der Waals surface area (Å²) in [5.74, 6) is 0.792. The van der Waals surface area contributed by atoms with Crippen LogP contribution in [-0.2, 0) is 11.4 Å². The topological polar surface area (TPSA) is 67.8 Å². The van der Waals surface area contributed by atoms with E-state index in [9.17, 15) is 9.90 Å². The highest BCUT2D eigenvalue weighted by Gasteiger charge is 2.10. The highest BCUT2D eigenvalue weighted by molar-refractivity contribution is 9.10. The zero-order valence-corrected chi connectivity index (χ0v) is 15.2. The van der Waals surface area contributed by atoms with E-state index in [1.54, 1.807) is 24.3 Å². The maximum Gasteiger partial charge on any atom is 0.262 e. The Morgan fingerprint density at radius 2 is 2.00 bits per heavy atom. The van der Waals surface area contributed by atoms with Crippen molar-refractivity contribution in [3.05, 3.63) is 52.5 Å². The van der Waals surface area contributed by atoms with Gasteiger partial charge in [-0.15, -0.1) is 0 Å². The first kappa shape index (κ1) is 18.3. The number of para-hydroxylation sites is 1. The molecule has 2 N–H and O–H groups in total. The maximum atomic E-state index is 12.0. The Hall–Kier alpha value is -2.05. The van der Waals surface area contributed by atoms with Crippen LogP contribution in [0, 0.1) is 0 Å². The van der Waals surface area contributed by atoms with Crippen LogP contribution in [0.1, 0.15) is 19.4 Å². The van der Waals surface area contributed by atoms with Crippen molar-refractivity contribution in [3.8, 4) is 11.5 Å². The molecule has 24 heavy (non-hydrogen) atoms. The molecular formula is C18H20BrNO4. The van der Waals surface area contributed by atoms with E-state index >= 15 is 0 Å². The van der Waals surface area contributed by atoms with E-state index in [1.807, 2.05) is 32.0 Å². The number of aliphatic hydroxyl groups is 1. The number of hydrogen-bond acceptors (Lipinski definition) is 4. The van der Waals surface area contributed by atoms with Crippen LogP contribution in [0.2, 0.25) is 0 Å². The number of carbonyl (C=O) groups is 1. The smallest absolute Gasteiger partial charge is 0.262 e. The molecule has 0 radical (unpaired) electrons. The first-order chi connectivity index (χ1) is 11.5. The molecule has 2 rings (SSSR count). The van der Waals surface area contributed by atoms with E-state index in [0.717, 1.165) is 4.47 Å². The molecular weight excluding hydrogens is 374 g/mol. The lowest BCUT2D eigenvalue weighted by molar-refractivity contribution is -0.118. The highest BCUT2D eigenvalue weighted by atomic mass is 79.9. The second-order valence-corrected chi connectivity index (χ2v) is 6.27. The van der Waals surface area contributed by atoms with Gasteiger partial charge in [-0.1, -0.05) is 12.1 Å². The lowest BCUT2D eigenvalue weighted by atomic mass is 10.2. The van der Waals surface area contributed by atoms with Gasteiger partial charge in [-0.05, 0) is 54.0 Å². The van der Waals surface area contributed by atoms with Crippen molar-refractivity contribution in [1.82, 2.24) is 0 Å². The zero-order chi connectivity index (χ0) is 17.5. The van der Waals surface area contributed by atoms with Gasteiger partial charge in [0.2, 0.25) is 0 Å². The number of hydrogen-bond donors (Lipinski definition) is 2. The molecule has 5 nitrogen and oxygen atoms in total. The van der Waals surface area contributed by atoms with Crippen LogP contribution in [0.25, 0.3) is 0 Å². The normalized spacial score (nSPS) is 10.5. The molecule has 0 atom stereocenters. The van der Waals surface area contributed by atoms with Gasteiger partial charge in [0.05, 0.1) is 18.4 Å². The van der Waals surface area contributed by atoms with Crippen molar-refractivity contribution in [1.29, 1.82) is 0 Å². The third-order valence-electron chi connectivity index (χ3n) is 3.09. The lowest BCUT2D eigenvalue weighted by Gasteiger charge is -2.15. The molecule has 2 aromatic carbocycles. The average Bonchev–Trinajstić information content (AvgIpc) is 2.55. The quantitative estimate of drug-likeness (QED) is 0.751. The van der Waals surface area contributed by atoms with Crippen molar-refractivity contribution in [3.63, 3.8) is 0 Å². The standard InChI is InChI=1S/C18H20BrNO4/c1-12(2)24-17-9-14(8-7-13(17)10-21)23-11-18(22)20-16-6-4-3-5-15(16)19/h3-9,12,21H,10-11H2,1-2H3,(H,20,22). The fourth-order valence-electron chi connectivity index (χ4n) is 2.02. The van der Waals surface area contributed by atoms with Crippen LogP contribution >= 0.6 is 15.9 Å². The van der Waals surface area contributed by atoms with E-state index < -0.39 is 0 Å². The van der Waals surface area contributed by atoms with Gasteiger partial charge >= 0.3 is 0 Å². The minimum Gasteiger partial charge on any atom is -0.490 e. The molecule has 0 aliphatic rings. The maximum absolute atomic E-state index is 12.0. The third kappa shape index (κ3) is 5.25. The van der Waals surface area contributed by atoms with Crippen LogP contribution in [0.5, 0.6) is 11.5 Å². The Morgan fingerprint density at radius 3 is 2.67 bits per heavy atom. The monoisotopic (exact) mass is 393 g/mol. The van der Waals surface area contributed by atoms with Gasteiger partial charge in [0.1, 0.15) is 11.5 Å². The van der Waals surface area contributed by atoms with Crippen LogP contribution < -0.4 is 14.8 Å². The molecule has 6 heteroatoms. The first-order valence-corrected chi connectivity index (χ1v) is 8.36. The summed E-state index contributed by atoms with van der Waals surface area (Å²) >= 11 is 3.37. The Labute approximate surface area is 149 Å². The van der Waals surface area contributed by atoms with E-state index in [2.05, 4.69) is 21.2 Å². The van der Waals surface area contributed by atoms with Crippen molar-refractivity contribution >= 4 is 27.5 Å². The molecule has 2 aromatic rings. The summed E-state index contributed by atoms with van der Waals surface area (Å²) in [7, 11) is 0. The van der Waals surface area contributed by atoms with E-state index in [1.165, 1.54) is 0 Å². The fraction of sp³-hybridized carbons (Fsp3) is 0.278. The average molecular weight is 394 g/mol. The van der Waals surface area contributed by atoms with Crippen LogP contribution in [-0.4, -0.2) is 23.7 Å². The predicted octanol–water partition coefficient (Wildman–Crippen LogP) is 3.75. The van der Waals surface area contributed by atoms with E-state index in [0.29, 0.717) is 22.7 Å². The molecule has 1 amide bonds. The largest absolute Gasteiger partial charge is 0.490 e. The number of ether oxygens (including phenoxy) is 2. The third-order valence-corrected chi connectivity index (χ3v) is 3.78. The fourth-order valence-corrected chi connectivity index (χ4v) is 2.40. The zero-order valence-electron chi connectivity index (χ0n) is 13.6. The Bertz CT molecular complexity index is 703. The van der Waals surface area contributed by atoms with Gasteiger partial charge in [0, 0.05) is 16.1 Å². The van der Waals surface area contributed by atoms with Crippen LogP contribution in [0.4, 0.5) is 5.69 Å². The number of rotatable bonds is 7. The number of benzene rings is 2. The summed E-state index contributed by atoms with van der Waals surface area (Å²) in [5.41, 5.74) is 1.36. The van der Waals surface area contributed by atoms with Crippen LogP contribution in [0.15, 0.2) is 46.9 Å². The summed E-state index contributed by atoms with van der Waals surface area (Å²) in [6.45, 7) is 3.56. The van der Waals surface area contributed by atoms with E-state index in [-0.39, 0.29) is 25.2 Å². The number of carbonyl (C=O) groups excluding carboxylic acids is 1. The molecule has 0 heterocycles. The number of amides is 1.